The van der Waals surface area contributed by atoms with Crippen molar-refractivity contribution in [2.45, 2.75) is 37.3 Å². The van der Waals surface area contributed by atoms with Gasteiger partial charge in [0.15, 0.2) is 5.96 Å². The van der Waals surface area contributed by atoms with Gasteiger partial charge in [-0.1, -0.05) is 0 Å². The fraction of sp³-hybridized carbons (Fsp3) is 0.583. The van der Waals surface area contributed by atoms with Crippen molar-refractivity contribution in [1.29, 1.82) is 0 Å². The molecule has 1 rings (SSSR count). The number of hydrogen-bond donors (Lipinski definition) is 7. The minimum absolute atomic E-state index is 0.371. The van der Waals surface area contributed by atoms with Gasteiger partial charge in [-0.3, -0.25) is 4.79 Å². The number of aliphatic hydroxyl groups excluding tert-OH is 3. The summed E-state index contributed by atoms with van der Waals surface area (Å²) in [5.41, 5.74) is 10.6. The van der Waals surface area contributed by atoms with Gasteiger partial charge < -0.3 is 41.9 Å². The van der Waals surface area contributed by atoms with Crippen molar-refractivity contribution in [2.75, 3.05) is 6.61 Å². The molecule has 0 aromatic carbocycles. The lowest BCUT2D eigenvalue weighted by molar-refractivity contribution is -0.145. The van der Waals surface area contributed by atoms with Crippen LogP contribution in [0.5, 0.6) is 0 Å². The first-order valence-electron chi connectivity index (χ1n) is 6.62. The summed E-state index contributed by atoms with van der Waals surface area (Å²) < 4.78 is 5.13. The number of carbonyl (C=O) groups excluding carboxylic acids is 1. The van der Waals surface area contributed by atoms with Crippen LogP contribution in [-0.4, -0.2) is 75.3 Å². The number of guanidine groups is 1. The normalized spacial score (nSPS) is 26.3. The number of aliphatic hydroxyl groups is 3. The summed E-state index contributed by atoms with van der Waals surface area (Å²) in [5, 5.41) is 40.1. The minimum atomic E-state index is -1.70. The number of ether oxygens (including phenoxy) is 1. The van der Waals surface area contributed by atoms with Gasteiger partial charge in [-0.15, -0.1) is 0 Å². The van der Waals surface area contributed by atoms with Crippen molar-refractivity contribution < 1.29 is 34.8 Å². The number of carboxylic acid groups (broad SMARTS) is 1. The van der Waals surface area contributed by atoms with Gasteiger partial charge in [0.1, 0.15) is 18.3 Å². The maximum atomic E-state index is 11.4. The van der Waals surface area contributed by atoms with Gasteiger partial charge in [0.2, 0.25) is 11.7 Å². The lowest BCUT2D eigenvalue weighted by Gasteiger charge is -2.38. The van der Waals surface area contributed by atoms with Gasteiger partial charge in [0, 0.05) is 6.92 Å². The number of aliphatic imine (C=N–C) groups is 1. The number of nitrogens with two attached hydrogens (primary N) is 2. The number of carbonyl (C=O) groups is 2. The lowest BCUT2D eigenvalue weighted by Crippen LogP contribution is -2.59. The average molecular weight is 332 g/mol. The molecule has 11 nitrogen and oxygen atoms in total. The van der Waals surface area contributed by atoms with Crippen LogP contribution in [0.2, 0.25) is 0 Å². The number of amides is 1. The molecule has 0 saturated heterocycles. The zero-order valence-electron chi connectivity index (χ0n) is 12.3. The summed E-state index contributed by atoms with van der Waals surface area (Å²) in [5.74, 6) is -2.89. The van der Waals surface area contributed by atoms with Crippen molar-refractivity contribution in [3.8, 4) is 0 Å². The highest BCUT2D eigenvalue weighted by Crippen LogP contribution is 2.24. The molecule has 0 aliphatic carbocycles. The second kappa shape index (κ2) is 7.76. The standard InChI is InChI=1S/C12H20N4O7/c1-4(18)15-8-5(16-12(13)14)2-7(11(21)22)23-10(8)9(20)6(19)3-17/h2,5-6,8-10,17,19-20H,3H2,1H3,(H,15,18)(H,21,22)(H4,13,14,16)/t5-,6-,8+,9+,10?/m0/s1. The van der Waals surface area contributed by atoms with Crippen LogP contribution in [0.25, 0.3) is 0 Å². The van der Waals surface area contributed by atoms with Crippen LogP contribution in [0.1, 0.15) is 6.92 Å². The molecule has 1 heterocycles. The Balaban J connectivity index is 3.28. The molecule has 0 bridgehead atoms. The van der Waals surface area contributed by atoms with Crippen LogP contribution in [-0.2, 0) is 14.3 Å². The first-order valence-corrected chi connectivity index (χ1v) is 6.62. The highest BCUT2D eigenvalue weighted by molar-refractivity contribution is 5.85. The number of carboxylic acids is 1. The quantitative estimate of drug-likeness (QED) is 0.188. The molecule has 0 spiro atoms. The van der Waals surface area contributed by atoms with Crippen molar-refractivity contribution in [2.24, 2.45) is 16.5 Å². The summed E-state index contributed by atoms with van der Waals surface area (Å²) in [6.07, 6.45) is -3.65. The Labute approximate surface area is 131 Å². The Bertz CT molecular complexity index is 518. The molecule has 1 aliphatic heterocycles. The third-order valence-corrected chi connectivity index (χ3v) is 3.10. The van der Waals surface area contributed by atoms with Crippen molar-refractivity contribution in [3.63, 3.8) is 0 Å². The Morgan fingerprint density at radius 3 is 2.48 bits per heavy atom. The SMILES string of the molecule is CC(=O)N[C@H]1C([C@H](O)[C@@H](O)CO)OC(C(=O)O)=C[C@@H]1N=C(N)N. The molecule has 130 valence electrons. The summed E-state index contributed by atoms with van der Waals surface area (Å²) in [7, 11) is 0. The van der Waals surface area contributed by atoms with Crippen LogP contribution in [0, 0.1) is 0 Å². The molecule has 9 N–H and O–H groups in total. The van der Waals surface area contributed by atoms with E-state index in [-0.39, 0.29) is 5.96 Å². The fourth-order valence-electron chi connectivity index (χ4n) is 2.14. The molecule has 0 saturated carbocycles. The monoisotopic (exact) mass is 332 g/mol. The van der Waals surface area contributed by atoms with E-state index in [1.165, 1.54) is 6.92 Å². The maximum Gasteiger partial charge on any atom is 0.370 e. The molecule has 11 heteroatoms. The highest BCUT2D eigenvalue weighted by Gasteiger charge is 2.43. The summed E-state index contributed by atoms with van der Waals surface area (Å²) in [6.45, 7) is 0.391. The highest BCUT2D eigenvalue weighted by atomic mass is 16.5. The van der Waals surface area contributed by atoms with Crippen LogP contribution in [0.3, 0.4) is 0 Å². The predicted octanol–water partition coefficient (Wildman–Crippen LogP) is -3.79. The Morgan fingerprint density at radius 2 is 2.04 bits per heavy atom. The lowest BCUT2D eigenvalue weighted by atomic mass is 9.92. The van der Waals surface area contributed by atoms with Crippen LogP contribution < -0.4 is 16.8 Å². The van der Waals surface area contributed by atoms with Gasteiger partial charge >= 0.3 is 5.97 Å². The van der Waals surface area contributed by atoms with E-state index in [0.717, 1.165) is 6.08 Å². The first kappa shape index (κ1) is 18.7. The van der Waals surface area contributed by atoms with Crippen LogP contribution in [0.15, 0.2) is 16.8 Å². The molecule has 23 heavy (non-hydrogen) atoms. The topological polar surface area (TPSA) is 201 Å². The third-order valence-electron chi connectivity index (χ3n) is 3.10. The van der Waals surface area contributed by atoms with Gasteiger partial charge in [-0.25, -0.2) is 9.79 Å². The van der Waals surface area contributed by atoms with Gasteiger partial charge in [-0.05, 0) is 6.08 Å². The molecule has 0 radical (unpaired) electrons. The average Bonchev–Trinajstić information content (AvgIpc) is 2.45. The molecule has 0 aromatic rings. The predicted molar refractivity (Wildman–Crippen MR) is 76.9 cm³/mol. The molecule has 5 atom stereocenters. The first-order chi connectivity index (χ1) is 10.7. The maximum absolute atomic E-state index is 11.4. The second-order valence-electron chi connectivity index (χ2n) is 4.93. The van der Waals surface area contributed by atoms with E-state index in [1.54, 1.807) is 0 Å². The Hall–Kier alpha value is -2.37. The van der Waals surface area contributed by atoms with Crippen molar-refractivity contribution in [1.82, 2.24) is 5.32 Å². The zero-order chi connectivity index (χ0) is 17.7. The number of rotatable bonds is 6. The number of hydrogen-bond acceptors (Lipinski definition) is 7. The minimum Gasteiger partial charge on any atom is -0.478 e. The molecule has 1 unspecified atom stereocenters. The molecule has 0 fully saturated rings. The van der Waals surface area contributed by atoms with E-state index in [2.05, 4.69) is 10.3 Å². The molecule has 1 aliphatic rings. The van der Waals surface area contributed by atoms with Gasteiger partial charge in [0.25, 0.3) is 0 Å². The number of aliphatic carboxylic acids is 1. The van der Waals surface area contributed by atoms with E-state index in [0.29, 0.717) is 0 Å². The van der Waals surface area contributed by atoms with Gasteiger partial charge in [-0.2, -0.15) is 0 Å². The summed E-state index contributed by atoms with van der Waals surface area (Å²) >= 11 is 0. The molecular weight excluding hydrogens is 312 g/mol. The van der Waals surface area contributed by atoms with Crippen molar-refractivity contribution in [3.05, 3.63) is 11.8 Å². The van der Waals surface area contributed by atoms with E-state index < -0.39 is 54.6 Å². The summed E-state index contributed by atoms with van der Waals surface area (Å²) in [6, 6.07) is -2.11. The van der Waals surface area contributed by atoms with Crippen LogP contribution in [0.4, 0.5) is 0 Å². The van der Waals surface area contributed by atoms with E-state index >= 15 is 0 Å². The fourth-order valence-corrected chi connectivity index (χ4v) is 2.14. The zero-order valence-corrected chi connectivity index (χ0v) is 12.3. The Kier molecular flexibility index (Phi) is 6.30. The van der Waals surface area contributed by atoms with E-state index in [4.69, 9.17) is 26.4 Å². The largest absolute Gasteiger partial charge is 0.478 e. The number of nitrogens with one attached hydrogen (secondary N) is 1. The van der Waals surface area contributed by atoms with Crippen molar-refractivity contribution >= 4 is 17.8 Å². The molecule has 1 amide bonds. The third kappa shape index (κ3) is 4.81. The summed E-state index contributed by atoms with van der Waals surface area (Å²) in [4.78, 5) is 26.3. The van der Waals surface area contributed by atoms with E-state index in [1.807, 2.05) is 0 Å². The smallest absolute Gasteiger partial charge is 0.370 e. The van der Waals surface area contributed by atoms with Crippen LogP contribution >= 0.6 is 0 Å². The molecular formula is C12H20N4O7. The number of nitrogens with zero attached hydrogens (tertiary/aromatic N) is 1. The second-order valence-corrected chi connectivity index (χ2v) is 4.93. The van der Waals surface area contributed by atoms with E-state index in [9.17, 15) is 19.8 Å². The van der Waals surface area contributed by atoms with Gasteiger partial charge in [0.05, 0.1) is 18.7 Å². The molecule has 0 aromatic heterocycles. The Morgan fingerprint density at radius 1 is 1.43 bits per heavy atom.